The molecule has 0 aromatic heterocycles. The van der Waals surface area contributed by atoms with E-state index in [0.717, 1.165) is 12.8 Å². The van der Waals surface area contributed by atoms with E-state index in [-0.39, 0.29) is 5.38 Å². The first-order valence-electron chi connectivity index (χ1n) is 2.16. The van der Waals surface area contributed by atoms with Crippen molar-refractivity contribution >= 4 is 27.5 Å². The second kappa shape index (κ2) is 4.92. The lowest BCUT2D eigenvalue weighted by atomic mass is 10.3. The van der Waals surface area contributed by atoms with E-state index in [2.05, 4.69) is 22.9 Å². The number of rotatable bonds is 3. The van der Waals surface area contributed by atoms with Crippen molar-refractivity contribution in [1.29, 1.82) is 0 Å². The number of halogens is 2. The van der Waals surface area contributed by atoms with Crippen LogP contribution < -0.4 is 0 Å². The summed E-state index contributed by atoms with van der Waals surface area (Å²) in [6, 6.07) is 0. The van der Waals surface area contributed by atoms with E-state index < -0.39 is 0 Å². The molecule has 0 aromatic rings. The van der Waals surface area contributed by atoms with Gasteiger partial charge in [0.05, 0.1) is 0 Å². The van der Waals surface area contributed by atoms with E-state index in [9.17, 15) is 0 Å². The summed E-state index contributed by atoms with van der Waals surface area (Å²) in [5.74, 6) is 0. The standard InChI is InChI=1S/C5H8BrCl/c1-2-5(7)3-4-6/h4-5H,1-3H2. The third-order valence-electron chi connectivity index (χ3n) is 0.658. The van der Waals surface area contributed by atoms with E-state index in [0.29, 0.717) is 0 Å². The second-order valence-corrected chi connectivity index (χ2v) is 2.54. The van der Waals surface area contributed by atoms with Crippen molar-refractivity contribution < 1.29 is 0 Å². The molecule has 0 bridgehead atoms. The molecule has 0 fully saturated rings. The summed E-state index contributed by atoms with van der Waals surface area (Å²) in [6.45, 7) is 3.63. The molecule has 0 aliphatic rings. The molecule has 0 spiro atoms. The van der Waals surface area contributed by atoms with Gasteiger partial charge in [-0.25, -0.2) is 0 Å². The molecular formula is C5H8BrCl. The molecule has 0 rings (SSSR count). The van der Waals surface area contributed by atoms with Gasteiger partial charge in [-0.2, -0.15) is 0 Å². The zero-order valence-corrected chi connectivity index (χ0v) is 6.37. The van der Waals surface area contributed by atoms with E-state index >= 15 is 0 Å². The molecule has 0 saturated carbocycles. The molecule has 1 unspecified atom stereocenters. The predicted molar refractivity (Wildman–Crippen MR) is 37.5 cm³/mol. The maximum absolute atomic E-state index is 5.64. The summed E-state index contributed by atoms with van der Waals surface area (Å²) in [5.41, 5.74) is 0. The average Bonchev–Trinajstić information content (AvgIpc) is 1.68. The molecule has 0 heterocycles. The predicted octanol–water partition coefficient (Wildman–Crippen LogP) is 2.76. The number of hydrogen-bond donors (Lipinski definition) is 0. The van der Waals surface area contributed by atoms with E-state index in [1.54, 1.807) is 0 Å². The number of alkyl halides is 1. The monoisotopic (exact) mass is 182 g/mol. The van der Waals surface area contributed by atoms with Crippen LogP contribution in [0.2, 0.25) is 0 Å². The van der Waals surface area contributed by atoms with Crippen molar-refractivity contribution in [2.75, 3.05) is 0 Å². The fraction of sp³-hybridized carbons (Fsp3) is 0.600. The summed E-state index contributed by atoms with van der Waals surface area (Å²) in [4.78, 5) is 0. The highest BCUT2D eigenvalue weighted by Gasteiger charge is 1.96. The number of hydrogen-bond acceptors (Lipinski definition) is 0. The van der Waals surface area contributed by atoms with Crippen molar-refractivity contribution in [2.24, 2.45) is 0 Å². The zero-order valence-electron chi connectivity index (χ0n) is 4.03. The van der Waals surface area contributed by atoms with E-state index in [1.807, 2.05) is 5.33 Å². The summed E-state index contributed by atoms with van der Waals surface area (Å²) >= 11 is 8.80. The Labute approximate surface area is 58.4 Å². The first kappa shape index (κ1) is 7.77. The molecule has 0 nitrogen and oxygen atoms in total. The average molecular weight is 183 g/mol. The van der Waals surface area contributed by atoms with Gasteiger partial charge in [-0.15, -0.1) is 11.6 Å². The normalized spacial score (nSPS) is 14.1. The van der Waals surface area contributed by atoms with Crippen molar-refractivity contribution in [3.8, 4) is 0 Å². The summed E-state index contributed by atoms with van der Waals surface area (Å²) in [6.07, 6.45) is 1.69. The van der Waals surface area contributed by atoms with Crippen molar-refractivity contribution in [3.63, 3.8) is 0 Å². The minimum atomic E-state index is 0.208. The Balaban J connectivity index is 2.83. The molecule has 0 aliphatic heterocycles. The van der Waals surface area contributed by atoms with Gasteiger partial charge < -0.3 is 0 Å². The SMILES string of the molecule is [CH2]CC(Cl)C[CH]Br. The molecule has 0 aliphatic carbocycles. The highest BCUT2D eigenvalue weighted by Crippen LogP contribution is 2.10. The Bertz CT molecular complexity index is 39.1. The summed E-state index contributed by atoms with van der Waals surface area (Å²) in [7, 11) is 0. The van der Waals surface area contributed by atoms with E-state index in [4.69, 9.17) is 11.6 Å². The van der Waals surface area contributed by atoms with Crippen LogP contribution >= 0.6 is 27.5 Å². The van der Waals surface area contributed by atoms with Crippen LogP contribution in [-0.4, -0.2) is 5.38 Å². The van der Waals surface area contributed by atoms with Gasteiger partial charge >= 0.3 is 0 Å². The molecule has 2 radical (unpaired) electrons. The lowest BCUT2D eigenvalue weighted by Gasteiger charge is -1.98. The Hall–Kier alpha value is 0.770. The molecule has 0 amide bonds. The van der Waals surface area contributed by atoms with Crippen molar-refractivity contribution in [1.82, 2.24) is 0 Å². The second-order valence-electron chi connectivity index (χ2n) is 1.28. The van der Waals surface area contributed by atoms with E-state index in [1.165, 1.54) is 0 Å². The molecule has 7 heavy (non-hydrogen) atoms. The fourth-order valence-electron chi connectivity index (χ4n) is 0.215. The third-order valence-corrected chi connectivity index (χ3v) is 1.43. The lowest BCUT2D eigenvalue weighted by molar-refractivity contribution is 0.868. The van der Waals surface area contributed by atoms with Crippen LogP contribution in [-0.2, 0) is 0 Å². The van der Waals surface area contributed by atoms with Gasteiger partial charge in [-0.3, -0.25) is 0 Å². The first-order chi connectivity index (χ1) is 3.31. The molecule has 2 heteroatoms. The van der Waals surface area contributed by atoms with Crippen LogP contribution in [0.25, 0.3) is 0 Å². The maximum atomic E-state index is 5.64. The van der Waals surface area contributed by atoms with Crippen LogP contribution in [0.5, 0.6) is 0 Å². The van der Waals surface area contributed by atoms with Gasteiger partial charge in [-0.1, -0.05) is 22.9 Å². The van der Waals surface area contributed by atoms with Crippen LogP contribution in [0.3, 0.4) is 0 Å². The van der Waals surface area contributed by atoms with Crippen LogP contribution in [0.15, 0.2) is 0 Å². The third kappa shape index (κ3) is 4.63. The molecular weight excluding hydrogens is 175 g/mol. The van der Waals surface area contributed by atoms with Gasteiger partial charge in [0.1, 0.15) is 0 Å². The first-order valence-corrected chi connectivity index (χ1v) is 3.51. The zero-order chi connectivity index (χ0) is 5.70. The molecule has 0 saturated heterocycles. The molecule has 0 aromatic carbocycles. The lowest BCUT2D eigenvalue weighted by Crippen LogP contribution is -1.92. The van der Waals surface area contributed by atoms with Gasteiger partial charge in [0.15, 0.2) is 0 Å². The minimum absolute atomic E-state index is 0.208. The van der Waals surface area contributed by atoms with Crippen LogP contribution in [0.4, 0.5) is 0 Å². The smallest absolute Gasteiger partial charge is 0.0347 e. The summed E-state index contributed by atoms with van der Waals surface area (Å²) in [5, 5.41) is 2.08. The largest absolute Gasteiger partial charge is 0.123 e. The maximum Gasteiger partial charge on any atom is 0.0347 e. The highest BCUT2D eigenvalue weighted by atomic mass is 79.9. The fourth-order valence-corrected chi connectivity index (χ4v) is 0.970. The van der Waals surface area contributed by atoms with Gasteiger partial charge in [0, 0.05) is 10.7 Å². The summed E-state index contributed by atoms with van der Waals surface area (Å²) < 4.78 is 0. The molecule has 1 atom stereocenters. The molecule has 42 valence electrons. The Kier molecular flexibility index (Phi) is 5.46. The van der Waals surface area contributed by atoms with Gasteiger partial charge in [-0.05, 0) is 12.8 Å². The van der Waals surface area contributed by atoms with Crippen molar-refractivity contribution in [3.05, 3.63) is 12.3 Å². The minimum Gasteiger partial charge on any atom is -0.123 e. The van der Waals surface area contributed by atoms with Crippen LogP contribution in [0, 0.1) is 12.3 Å². The van der Waals surface area contributed by atoms with Gasteiger partial charge in [0.2, 0.25) is 0 Å². The Morgan fingerprint density at radius 2 is 2.43 bits per heavy atom. The molecule has 0 N–H and O–H groups in total. The topological polar surface area (TPSA) is 0 Å². The Morgan fingerprint density at radius 1 is 1.86 bits per heavy atom. The Morgan fingerprint density at radius 3 is 2.57 bits per heavy atom. The highest BCUT2D eigenvalue weighted by molar-refractivity contribution is 9.10. The van der Waals surface area contributed by atoms with Crippen LogP contribution in [0.1, 0.15) is 12.8 Å². The van der Waals surface area contributed by atoms with Gasteiger partial charge in [0.25, 0.3) is 0 Å². The van der Waals surface area contributed by atoms with Crippen molar-refractivity contribution in [2.45, 2.75) is 18.2 Å². The quantitative estimate of drug-likeness (QED) is 0.590.